The van der Waals surface area contributed by atoms with Crippen molar-refractivity contribution in [2.45, 2.75) is 17.7 Å². The maximum absolute atomic E-state index is 14.0. The van der Waals surface area contributed by atoms with Gasteiger partial charge in [-0.1, -0.05) is 23.2 Å². The van der Waals surface area contributed by atoms with E-state index in [0.29, 0.717) is 24.2 Å². The van der Waals surface area contributed by atoms with Crippen LogP contribution in [0.2, 0.25) is 0 Å². The fourth-order valence-corrected chi connectivity index (χ4v) is 3.70. The van der Waals surface area contributed by atoms with Crippen molar-refractivity contribution < 1.29 is 9.18 Å². The normalized spacial score (nSPS) is 18.0. The molecular formula is C15H13Cl2FN2OS. The maximum atomic E-state index is 14.0. The van der Waals surface area contributed by atoms with Gasteiger partial charge in [0.25, 0.3) is 0 Å². The molecule has 2 aromatic rings. The molecule has 0 radical (unpaired) electrons. The molecule has 116 valence electrons. The molecule has 1 aromatic heterocycles. The van der Waals surface area contributed by atoms with Crippen LogP contribution in [0.3, 0.4) is 0 Å². The van der Waals surface area contributed by atoms with Crippen LogP contribution in [-0.2, 0) is 11.2 Å². The van der Waals surface area contributed by atoms with Crippen LogP contribution in [-0.4, -0.2) is 17.4 Å². The van der Waals surface area contributed by atoms with Crippen molar-refractivity contribution in [2.24, 2.45) is 5.92 Å². The number of nitrogens with zero attached hydrogens (tertiary/aromatic N) is 1. The summed E-state index contributed by atoms with van der Waals surface area (Å²) < 4.78 is 14.0. The first-order valence-electron chi connectivity index (χ1n) is 6.84. The Morgan fingerprint density at radius 3 is 2.91 bits per heavy atom. The van der Waals surface area contributed by atoms with Gasteiger partial charge in [0.1, 0.15) is 15.7 Å². The lowest BCUT2D eigenvalue weighted by atomic mass is 9.96. The predicted octanol–water partition coefficient (Wildman–Crippen LogP) is 4.10. The number of rotatable bonds is 4. The van der Waals surface area contributed by atoms with E-state index >= 15 is 0 Å². The van der Waals surface area contributed by atoms with Crippen LogP contribution < -0.4 is 5.32 Å². The third kappa shape index (κ3) is 3.26. The predicted molar refractivity (Wildman–Crippen MR) is 86.8 cm³/mol. The Labute approximate surface area is 141 Å². The Morgan fingerprint density at radius 2 is 2.27 bits per heavy atom. The van der Waals surface area contributed by atoms with Gasteiger partial charge in [-0.2, -0.15) is 0 Å². The van der Waals surface area contributed by atoms with E-state index in [1.54, 1.807) is 17.5 Å². The lowest BCUT2D eigenvalue weighted by molar-refractivity contribution is -0.122. The minimum absolute atomic E-state index is 0.00606. The highest BCUT2D eigenvalue weighted by molar-refractivity contribution is 7.13. The van der Waals surface area contributed by atoms with Gasteiger partial charge in [0.2, 0.25) is 5.91 Å². The van der Waals surface area contributed by atoms with Gasteiger partial charge in [0.15, 0.2) is 0 Å². The van der Waals surface area contributed by atoms with E-state index in [-0.39, 0.29) is 17.6 Å². The third-order valence-corrected chi connectivity index (χ3v) is 5.02. The smallest absolute Gasteiger partial charge is 0.223 e. The molecule has 0 saturated carbocycles. The van der Waals surface area contributed by atoms with Crippen LogP contribution >= 0.6 is 34.5 Å². The molecule has 0 bridgehead atoms. The number of hydrogen-bond donors (Lipinski definition) is 1. The summed E-state index contributed by atoms with van der Waals surface area (Å²) >= 11 is 13.0. The first-order chi connectivity index (χ1) is 10.5. The molecule has 2 heterocycles. The minimum atomic E-state index is -0.674. The summed E-state index contributed by atoms with van der Waals surface area (Å²) in [5.74, 6) is -0.465. The van der Waals surface area contributed by atoms with E-state index in [2.05, 4.69) is 10.3 Å². The van der Waals surface area contributed by atoms with Crippen LogP contribution in [0.25, 0.3) is 10.6 Å². The molecular weight excluding hydrogens is 346 g/mol. The number of hydrogen-bond acceptors (Lipinski definition) is 3. The molecule has 1 fully saturated rings. The average molecular weight is 359 g/mol. The molecule has 1 aromatic carbocycles. The average Bonchev–Trinajstić information content (AvgIpc) is 3.11. The molecule has 3 nitrogen and oxygen atoms in total. The number of benzene rings is 1. The van der Waals surface area contributed by atoms with E-state index in [9.17, 15) is 9.18 Å². The van der Waals surface area contributed by atoms with Gasteiger partial charge < -0.3 is 5.32 Å². The van der Waals surface area contributed by atoms with Crippen molar-refractivity contribution in [3.63, 3.8) is 0 Å². The fraction of sp³-hybridized carbons (Fsp3) is 0.333. The molecule has 1 N–H and O–H groups in total. The topological polar surface area (TPSA) is 42.0 Å². The van der Waals surface area contributed by atoms with Crippen molar-refractivity contribution in [3.05, 3.63) is 40.7 Å². The summed E-state index contributed by atoms with van der Waals surface area (Å²) in [5, 5.41) is 5.29. The van der Waals surface area contributed by atoms with Crippen LogP contribution in [0.15, 0.2) is 23.6 Å². The summed E-state index contributed by atoms with van der Waals surface area (Å²) in [6.07, 6.45) is 1.14. The monoisotopic (exact) mass is 358 g/mol. The van der Waals surface area contributed by atoms with Gasteiger partial charge in [-0.05, 0) is 36.6 Å². The van der Waals surface area contributed by atoms with E-state index in [0.717, 1.165) is 17.0 Å². The molecule has 1 aliphatic rings. The Balaban J connectivity index is 1.86. The zero-order valence-electron chi connectivity index (χ0n) is 11.5. The van der Waals surface area contributed by atoms with Crippen LogP contribution in [0.4, 0.5) is 4.39 Å². The molecule has 7 heteroatoms. The second-order valence-electron chi connectivity index (χ2n) is 5.17. The molecule has 3 rings (SSSR count). The summed E-state index contributed by atoms with van der Waals surface area (Å²) in [7, 11) is 0. The van der Waals surface area contributed by atoms with Crippen LogP contribution in [0.5, 0.6) is 0 Å². The van der Waals surface area contributed by atoms with E-state index < -0.39 is 4.84 Å². The summed E-state index contributed by atoms with van der Waals surface area (Å²) in [4.78, 5) is 15.3. The highest BCUT2D eigenvalue weighted by Crippen LogP contribution is 2.32. The number of thiazole rings is 1. The summed E-state index contributed by atoms with van der Waals surface area (Å²) in [6.45, 7) is 0.660. The Bertz CT molecular complexity index is 705. The molecule has 1 saturated heterocycles. The SMILES string of the molecule is O=C1NCCC1Cc1cc(-c2nc(C(Cl)Cl)cs2)ccc1F. The first kappa shape index (κ1) is 15.7. The van der Waals surface area contributed by atoms with Gasteiger partial charge in [0, 0.05) is 23.4 Å². The lowest BCUT2D eigenvalue weighted by Gasteiger charge is -2.09. The number of nitrogens with one attached hydrogen (secondary N) is 1. The number of alkyl halides is 2. The van der Waals surface area contributed by atoms with E-state index in [1.165, 1.54) is 17.4 Å². The quantitative estimate of drug-likeness (QED) is 0.835. The molecule has 1 atom stereocenters. The number of amides is 1. The standard InChI is InChI=1S/C15H13Cl2FN2OS/c16-13(17)12-7-22-15(20-12)9-1-2-11(18)10(6-9)5-8-3-4-19-14(8)21/h1-2,6-8,13H,3-5H2,(H,19,21). The highest BCUT2D eigenvalue weighted by atomic mass is 35.5. The number of aromatic nitrogens is 1. The molecule has 1 unspecified atom stereocenters. The van der Waals surface area contributed by atoms with E-state index in [1.807, 2.05) is 0 Å². The number of carbonyl (C=O) groups is 1. The van der Waals surface area contributed by atoms with Crippen molar-refractivity contribution in [1.29, 1.82) is 0 Å². The minimum Gasteiger partial charge on any atom is -0.356 e. The molecule has 1 amide bonds. The molecule has 1 aliphatic heterocycles. The molecule has 0 spiro atoms. The maximum Gasteiger partial charge on any atom is 0.223 e. The van der Waals surface area contributed by atoms with Crippen LogP contribution in [0.1, 0.15) is 22.5 Å². The van der Waals surface area contributed by atoms with Crippen LogP contribution in [0, 0.1) is 11.7 Å². The summed E-state index contributed by atoms with van der Waals surface area (Å²) in [6, 6.07) is 4.84. The van der Waals surface area contributed by atoms with Gasteiger partial charge in [0.05, 0.1) is 5.69 Å². The Kier molecular flexibility index (Phi) is 4.66. The molecule has 22 heavy (non-hydrogen) atoms. The lowest BCUT2D eigenvalue weighted by Crippen LogP contribution is -2.20. The van der Waals surface area contributed by atoms with Gasteiger partial charge in [-0.15, -0.1) is 11.3 Å². The Hall–Kier alpha value is -1.17. The zero-order valence-corrected chi connectivity index (χ0v) is 13.8. The van der Waals surface area contributed by atoms with Gasteiger partial charge in [-0.3, -0.25) is 4.79 Å². The van der Waals surface area contributed by atoms with Crippen molar-refractivity contribution in [1.82, 2.24) is 10.3 Å². The van der Waals surface area contributed by atoms with E-state index in [4.69, 9.17) is 23.2 Å². The Morgan fingerprint density at radius 1 is 1.45 bits per heavy atom. The van der Waals surface area contributed by atoms with Crippen molar-refractivity contribution in [3.8, 4) is 10.6 Å². The van der Waals surface area contributed by atoms with Crippen molar-refractivity contribution in [2.75, 3.05) is 6.54 Å². The first-order valence-corrected chi connectivity index (χ1v) is 8.60. The highest BCUT2D eigenvalue weighted by Gasteiger charge is 2.25. The fourth-order valence-electron chi connectivity index (χ4n) is 2.49. The third-order valence-electron chi connectivity index (χ3n) is 3.67. The summed E-state index contributed by atoms with van der Waals surface area (Å²) in [5.41, 5.74) is 1.93. The van der Waals surface area contributed by atoms with Gasteiger partial charge >= 0.3 is 0 Å². The molecule has 0 aliphatic carbocycles. The second kappa shape index (κ2) is 6.52. The number of carbonyl (C=O) groups excluding carboxylic acids is 1. The zero-order chi connectivity index (χ0) is 15.7. The van der Waals surface area contributed by atoms with Gasteiger partial charge in [-0.25, -0.2) is 9.37 Å². The number of halogens is 3. The largest absolute Gasteiger partial charge is 0.356 e. The van der Waals surface area contributed by atoms with Crippen molar-refractivity contribution >= 4 is 40.4 Å². The second-order valence-corrected chi connectivity index (χ2v) is 7.12.